The molecule has 6 aromatic carbocycles. The fraction of sp³-hybridized carbons (Fsp3) is 0.0392. The van der Waals surface area contributed by atoms with E-state index in [0.29, 0.717) is 34.3 Å². The number of amides is 4. The maximum atomic E-state index is 13.4. The molecule has 4 amide bonds. The first-order valence-electron chi connectivity index (χ1n) is 27.1. The number of hydrazone groups is 2. The van der Waals surface area contributed by atoms with Crippen LogP contribution in [0.3, 0.4) is 0 Å². The van der Waals surface area contributed by atoms with Crippen molar-refractivity contribution in [3.63, 3.8) is 0 Å². The molecule has 0 fully saturated rings. The van der Waals surface area contributed by atoms with Crippen molar-refractivity contribution >= 4 is 383 Å². The topological polar surface area (TPSA) is 699 Å². The van der Waals surface area contributed by atoms with Gasteiger partial charge in [0.05, 0.1) is 52.1 Å². The van der Waals surface area contributed by atoms with Gasteiger partial charge < -0.3 is 69.4 Å². The van der Waals surface area contributed by atoms with Crippen LogP contribution in [0.25, 0.3) is 0 Å². The summed E-state index contributed by atoms with van der Waals surface area (Å²) >= 11 is 12.3. The zero-order chi connectivity index (χ0) is 75.9. The molecule has 4 heterocycles. The zero-order valence-corrected chi connectivity index (χ0v) is 74.4. The van der Waals surface area contributed by atoms with Crippen LogP contribution in [0.5, 0.6) is 0 Å². The molecule has 8 N–H and O–H groups in total. The Balaban J connectivity index is 0.00000426. The minimum Gasteiger partial charge on any atom is -0.744 e. The first-order valence-corrected chi connectivity index (χ1v) is 36.3. The molecule has 110 heavy (non-hydrogen) atoms. The van der Waals surface area contributed by atoms with Crippen LogP contribution in [0.4, 0.5) is 85.5 Å². The molecule has 0 aliphatic carbocycles. The first kappa shape index (κ1) is 96.6. The standard InChI is InChI=1S/C51H36Cl2N20O25S6.6Na/c52-45-60-47(54-21-3-15-33(101(87,88)89)31(17-21)66-68-37-39(43(76)77)70-72(41(37)74)25-5-9-27(10-6-25)99(81,82)83)64-49(62-45)56-23-1-13-29(35(19-23)103(93,94)95)58-51(80)59-30-14-2-24(20-36(30)104(96,97)98)57-50-63-46(53)61-48(65-50)55-22-4-16-34(102(90,91)92)32(18-22)67-69-38-40(44(78)79)71-73(42(38)75)26-7-11-28(12-8-26)100(84,85)86;;;;;;/h1-20,37-38H,(H,76,77)(H,78,79)(H2,58,59,80)(H,81,82,83)(H,84,85,86)(H,87,88,89)(H,90,91,92)(H,93,94,95)(H,96,97,98)(H2,54,56,60,62,64)(H2,55,57,61,63,65);;;;;;/p-6. The van der Waals surface area contributed by atoms with Crippen molar-refractivity contribution in [2.75, 3.05) is 41.9 Å². The Labute approximate surface area is 760 Å². The summed E-state index contributed by atoms with van der Waals surface area (Å²) in [6, 6.07) is 11.5. The molecule has 45 nitrogen and oxygen atoms in total. The summed E-state index contributed by atoms with van der Waals surface area (Å²) in [5.41, 5.74) is -6.60. The molecule has 2 atom stereocenters. The van der Waals surface area contributed by atoms with Gasteiger partial charge in [0.15, 0.2) is 11.4 Å². The number of hydrogen-bond donors (Lipinski definition) is 8. The second-order valence-electron chi connectivity index (χ2n) is 20.2. The van der Waals surface area contributed by atoms with Gasteiger partial charge in [-0.1, -0.05) is 0 Å². The number of hydrogen-bond acceptors (Lipinski definition) is 39. The van der Waals surface area contributed by atoms with Gasteiger partial charge in [-0.25, -0.2) is 64.9 Å². The molecule has 0 spiro atoms. The van der Waals surface area contributed by atoms with Gasteiger partial charge >= 0.3 is 18.0 Å². The van der Waals surface area contributed by atoms with E-state index >= 15 is 0 Å². The maximum Gasteiger partial charge on any atom is 0.355 e. The number of carboxylic acid groups (broad SMARTS) is 2. The number of halogens is 2. The van der Waals surface area contributed by atoms with Gasteiger partial charge in [-0.05, 0) is 145 Å². The molecule has 2 aromatic heterocycles. The quantitative estimate of drug-likeness (QED) is 0.0238. The van der Waals surface area contributed by atoms with Crippen LogP contribution in [0, 0.1) is 0 Å². The SMILES string of the molecule is O=C(Nc1ccc(Nc2nc(Cl)nc(Nc3ccc(S(=O)(=O)[O-])c(N=NC4C(=O)N(c5ccc(S(=O)(=O)[O-])cc5)N=C4C(=O)O)c3)n2)cc1S(=O)(=O)[O-])Nc1ccc(Nc2nc(Cl)nc(Nc3ccc(S(=O)(=O)[O-])c(N=NC4C(=O)N(c5ccc(S(=O)(=O)[O-])cc5)N=C4C(=O)O)c3)n2)cc1S(=O)(=O)[O-].[Na].[Na].[Na].[Na].[Na].[Na]. The Morgan fingerprint density at radius 2 is 0.673 bits per heavy atom. The summed E-state index contributed by atoms with van der Waals surface area (Å²) in [5.74, 6) is -8.11. The molecule has 2 aliphatic heterocycles. The maximum absolute atomic E-state index is 13.4. The first-order chi connectivity index (χ1) is 48.5. The van der Waals surface area contributed by atoms with E-state index in [0.717, 1.165) is 97.1 Å². The van der Waals surface area contributed by atoms with Crippen LogP contribution in [-0.2, 0) is 79.9 Å². The Morgan fingerprint density at radius 1 is 0.391 bits per heavy atom. The van der Waals surface area contributed by atoms with Crippen LogP contribution in [-0.4, -0.2) is 349 Å². The third-order valence-corrected chi connectivity index (χ3v) is 18.8. The van der Waals surface area contributed by atoms with Gasteiger partial charge in [-0.3, -0.25) is 9.59 Å². The van der Waals surface area contributed by atoms with Gasteiger partial charge in [-0.2, -0.15) is 70.6 Å². The van der Waals surface area contributed by atoms with Crippen LogP contribution < -0.4 is 41.9 Å². The number of nitrogens with one attached hydrogen (secondary N) is 6. The van der Waals surface area contributed by atoms with E-state index in [-0.39, 0.29) is 211 Å². The van der Waals surface area contributed by atoms with Crippen LogP contribution in [0.2, 0.25) is 10.6 Å². The fourth-order valence-corrected chi connectivity index (χ4v) is 12.6. The number of carboxylic acids is 2. The number of rotatable bonds is 24. The molecule has 2 aliphatic rings. The van der Waals surface area contributed by atoms with E-state index in [2.05, 4.69) is 81.8 Å². The number of urea groups is 1. The Bertz CT molecular complexity index is 5530. The Kier molecular flexibility index (Phi) is 33.9. The molecule has 2 unspecified atom stereocenters. The molecular weight excluding hydrogens is 1690 g/mol. The fourth-order valence-electron chi connectivity index (χ4n) is 8.84. The van der Waals surface area contributed by atoms with Gasteiger partial charge in [0.2, 0.25) is 46.4 Å². The summed E-state index contributed by atoms with van der Waals surface area (Å²) in [6.45, 7) is 0. The van der Waals surface area contributed by atoms with E-state index in [1.807, 2.05) is 10.6 Å². The number of aromatic nitrogens is 6. The Hall–Kier alpha value is -5.73. The van der Waals surface area contributed by atoms with Crippen LogP contribution in [0.15, 0.2) is 181 Å². The summed E-state index contributed by atoms with van der Waals surface area (Å²) in [4.78, 5) is 82.1. The van der Waals surface area contributed by atoms with E-state index in [1.165, 1.54) is 0 Å². The summed E-state index contributed by atoms with van der Waals surface area (Å²) in [6.07, 6.45) is 0. The molecule has 8 aromatic rings. The average Bonchev–Trinajstić information content (AvgIpc) is 1.64. The minimum absolute atomic E-state index is 0. The van der Waals surface area contributed by atoms with Crippen molar-refractivity contribution in [1.82, 2.24) is 29.9 Å². The molecule has 6 radical (unpaired) electrons. The van der Waals surface area contributed by atoms with Crippen molar-refractivity contribution in [3.05, 3.63) is 132 Å². The zero-order valence-electron chi connectivity index (χ0n) is 56.0. The van der Waals surface area contributed by atoms with E-state index in [1.54, 1.807) is 0 Å². The molecule has 10 rings (SSSR count). The summed E-state index contributed by atoms with van der Waals surface area (Å²) < 4.78 is 218. The minimum atomic E-state index is -5.57. The van der Waals surface area contributed by atoms with Gasteiger partial charge in [0, 0.05) is 200 Å². The van der Waals surface area contributed by atoms with Crippen molar-refractivity contribution in [2.45, 2.75) is 41.5 Å². The molecule has 0 bridgehead atoms. The second kappa shape index (κ2) is 38.6. The number of benzene rings is 6. The van der Waals surface area contributed by atoms with Crippen molar-refractivity contribution in [2.24, 2.45) is 30.7 Å². The van der Waals surface area contributed by atoms with Crippen LogP contribution >= 0.6 is 23.2 Å². The molecule has 546 valence electrons. The van der Waals surface area contributed by atoms with Gasteiger partial charge in [0.1, 0.15) is 72.1 Å². The van der Waals surface area contributed by atoms with Gasteiger partial charge in [-0.15, -0.1) is 0 Å². The van der Waals surface area contributed by atoms with Crippen molar-refractivity contribution in [1.29, 1.82) is 0 Å². The summed E-state index contributed by atoms with van der Waals surface area (Å²) in [7, 11) is -31.8. The van der Waals surface area contributed by atoms with E-state index in [4.69, 9.17) is 23.2 Å². The number of azo groups is 2. The summed E-state index contributed by atoms with van der Waals surface area (Å²) in [5, 5.41) is 55.5. The number of carbonyl (C=O) groups excluding carboxylic acids is 3. The molecular formula is C51H30Cl2N20Na6O25S6-6. The van der Waals surface area contributed by atoms with Crippen molar-refractivity contribution in [3.8, 4) is 0 Å². The predicted octanol–water partition coefficient (Wildman–Crippen LogP) is 1.00. The van der Waals surface area contributed by atoms with Crippen LogP contribution in [0.1, 0.15) is 0 Å². The third-order valence-electron chi connectivity index (χ3n) is 13.3. The number of aliphatic carboxylic acids is 2. The average molecular weight is 1720 g/mol. The second-order valence-corrected chi connectivity index (χ2v) is 29.0. The third kappa shape index (κ3) is 24.2. The monoisotopic (exact) mass is 1720 g/mol. The van der Waals surface area contributed by atoms with Crippen molar-refractivity contribution < 1.29 is 112 Å². The number of nitrogens with zero attached hydrogens (tertiary/aromatic N) is 14. The molecule has 0 saturated carbocycles. The normalized spacial score (nSPS) is 14.4. The van der Waals surface area contributed by atoms with E-state index < -0.39 is 200 Å². The largest absolute Gasteiger partial charge is 0.744 e. The smallest absolute Gasteiger partial charge is 0.355 e. The number of anilines is 12. The number of carbonyl (C=O) groups is 5. The van der Waals surface area contributed by atoms with E-state index in [9.17, 15) is 112 Å². The predicted molar refractivity (Wildman–Crippen MR) is 378 cm³/mol. The molecule has 0 saturated heterocycles. The van der Waals surface area contributed by atoms with Gasteiger partial charge in [0.25, 0.3) is 11.8 Å². The molecule has 59 heteroatoms. The Morgan fingerprint density at radius 3 is 0.945 bits per heavy atom.